The summed E-state index contributed by atoms with van der Waals surface area (Å²) in [5.41, 5.74) is 0. The highest BCUT2D eigenvalue weighted by Crippen LogP contribution is 2.33. The summed E-state index contributed by atoms with van der Waals surface area (Å²) in [5, 5.41) is 3.32. The second-order valence-electron chi connectivity index (χ2n) is 3.41. The van der Waals surface area contributed by atoms with E-state index in [1.807, 2.05) is 0 Å². The predicted octanol–water partition coefficient (Wildman–Crippen LogP) is 1.31. The molecule has 0 bridgehead atoms. The lowest BCUT2D eigenvalue weighted by molar-refractivity contribution is -0.139. The maximum absolute atomic E-state index is 11.0. The largest absolute Gasteiger partial charge is 0.468 e. The van der Waals surface area contributed by atoms with Gasteiger partial charge in [-0.3, -0.25) is 4.79 Å². The molecule has 1 fully saturated rings. The van der Waals surface area contributed by atoms with Crippen LogP contribution in [0.5, 0.6) is 0 Å². The molecule has 0 aliphatic heterocycles. The second kappa shape index (κ2) is 4.96. The number of hydrogen-bond acceptors (Lipinski definition) is 3. The van der Waals surface area contributed by atoms with Gasteiger partial charge >= 0.3 is 5.97 Å². The molecule has 0 aromatic rings. The third-order valence-corrected chi connectivity index (χ3v) is 3.16. The van der Waals surface area contributed by atoms with E-state index in [1.54, 1.807) is 0 Å². The minimum atomic E-state index is -0.212. The molecule has 0 aromatic heterocycles. The van der Waals surface area contributed by atoms with Gasteiger partial charge in [-0.2, -0.15) is 0 Å². The van der Waals surface area contributed by atoms with E-state index in [1.165, 1.54) is 20.0 Å². The molecule has 3 nitrogen and oxygen atoms in total. The highest BCUT2D eigenvalue weighted by molar-refractivity contribution is 9.10. The molecule has 76 valence electrons. The van der Waals surface area contributed by atoms with Gasteiger partial charge in [-0.1, -0.05) is 29.3 Å². The minimum Gasteiger partial charge on any atom is -0.468 e. The summed E-state index contributed by atoms with van der Waals surface area (Å²) >= 11 is 3.26. The Morgan fingerprint density at radius 3 is 2.92 bits per heavy atom. The lowest BCUT2D eigenvalue weighted by atomic mass is 10.3. The van der Waals surface area contributed by atoms with E-state index in [-0.39, 0.29) is 10.8 Å². The van der Waals surface area contributed by atoms with Crippen LogP contribution in [-0.4, -0.2) is 30.5 Å². The molecule has 13 heavy (non-hydrogen) atoms. The fourth-order valence-electron chi connectivity index (χ4n) is 1.41. The maximum atomic E-state index is 11.0. The van der Waals surface area contributed by atoms with Crippen molar-refractivity contribution in [3.63, 3.8) is 0 Å². The van der Waals surface area contributed by atoms with Crippen LogP contribution in [0, 0.1) is 5.92 Å². The van der Waals surface area contributed by atoms with Gasteiger partial charge in [0.2, 0.25) is 0 Å². The zero-order valence-electron chi connectivity index (χ0n) is 8.05. The molecule has 4 heteroatoms. The van der Waals surface area contributed by atoms with Crippen LogP contribution >= 0.6 is 15.9 Å². The van der Waals surface area contributed by atoms with Crippen LogP contribution in [0.25, 0.3) is 0 Å². The van der Waals surface area contributed by atoms with E-state index in [0.29, 0.717) is 12.6 Å². The molecule has 3 unspecified atom stereocenters. The third kappa shape index (κ3) is 3.27. The Morgan fingerprint density at radius 1 is 1.77 bits per heavy atom. The van der Waals surface area contributed by atoms with Gasteiger partial charge in [0.25, 0.3) is 0 Å². The highest BCUT2D eigenvalue weighted by Gasteiger charge is 2.35. The molecule has 1 aliphatic rings. The van der Waals surface area contributed by atoms with Crippen molar-refractivity contribution in [1.82, 2.24) is 5.32 Å². The van der Waals surface area contributed by atoms with Gasteiger partial charge in [0.05, 0.1) is 7.11 Å². The third-order valence-electron chi connectivity index (χ3n) is 2.46. The first-order valence-electron chi connectivity index (χ1n) is 4.64. The number of esters is 1. The van der Waals surface area contributed by atoms with Gasteiger partial charge in [-0.15, -0.1) is 0 Å². The molecule has 1 aliphatic carbocycles. The van der Waals surface area contributed by atoms with Crippen molar-refractivity contribution < 1.29 is 9.53 Å². The average Bonchev–Trinajstić information content (AvgIpc) is 2.91. The van der Waals surface area contributed by atoms with E-state index in [4.69, 9.17) is 0 Å². The first-order chi connectivity index (χ1) is 6.19. The van der Waals surface area contributed by atoms with E-state index in [2.05, 4.69) is 32.9 Å². The minimum absolute atomic E-state index is 0.207. The number of rotatable bonds is 5. The van der Waals surface area contributed by atoms with Crippen molar-refractivity contribution in [3.05, 3.63) is 0 Å². The number of carbonyl (C=O) groups excluding carboxylic acids is 1. The monoisotopic (exact) mass is 249 g/mol. The summed E-state index contributed by atoms with van der Waals surface area (Å²) in [4.78, 5) is 10.8. The quantitative estimate of drug-likeness (QED) is 0.590. The van der Waals surface area contributed by atoms with Crippen LogP contribution in [-0.2, 0) is 9.53 Å². The topological polar surface area (TPSA) is 38.3 Å². The summed E-state index contributed by atoms with van der Waals surface area (Å²) in [6.45, 7) is 2.85. The standard InChI is InChI=1S/C9H16BrNO2/c1-3-6-4-8(6)11-5-7(10)9(12)13-2/h6-8,11H,3-5H2,1-2H3. The molecule has 0 saturated heterocycles. The molecule has 1 saturated carbocycles. The zero-order valence-corrected chi connectivity index (χ0v) is 9.63. The Balaban J connectivity index is 2.09. The molecule has 3 atom stereocenters. The number of halogens is 1. The van der Waals surface area contributed by atoms with Crippen molar-refractivity contribution in [1.29, 1.82) is 0 Å². The average molecular weight is 250 g/mol. The molecule has 1 rings (SSSR count). The Hall–Kier alpha value is -0.0900. The summed E-state index contributed by atoms with van der Waals surface area (Å²) in [6, 6.07) is 0.620. The fourth-order valence-corrected chi connectivity index (χ4v) is 1.79. The molecule has 0 amide bonds. The maximum Gasteiger partial charge on any atom is 0.320 e. The van der Waals surface area contributed by atoms with Gasteiger partial charge in [0, 0.05) is 12.6 Å². The van der Waals surface area contributed by atoms with E-state index < -0.39 is 0 Å². The number of ether oxygens (including phenoxy) is 1. The second-order valence-corrected chi connectivity index (χ2v) is 4.51. The first-order valence-corrected chi connectivity index (χ1v) is 5.55. The van der Waals surface area contributed by atoms with Crippen molar-refractivity contribution in [2.75, 3.05) is 13.7 Å². The first kappa shape index (κ1) is 11.0. The van der Waals surface area contributed by atoms with Crippen LogP contribution in [0.1, 0.15) is 19.8 Å². The molecule has 0 aromatic carbocycles. The number of carbonyl (C=O) groups is 1. The number of alkyl halides is 1. The van der Waals surface area contributed by atoms with E-state index in [9.17, 15) is 4.79 Å². The van der Waals surface area contributed by atoms with Crippen molar-refractivity contribution in [2.45, 2.75) is 30.6 Å². The molecular formula is C9H16BrNO2. The number of methoxy groups -OCH3 is 1. The van der Waals surface area contributed by atoms with Gasteiger partial charge in [0.15, 0.2) is 0 Å². The highest BCUT2D eigenvalue weighted by atomic mass is 79.9. The normalized spacial score (nSPS) is 28.2. The SMILES string of the molecule is CCC1CC1NCC(Br)C(=O)OC. The molecular weight excluding hydrogens is 234 g/mol. The van der Waals surface area contributed by atoms with Crippen LogP contribution in [0.4, 0.5) is 0 Å². The van der Waals surface area contributed by atoms with Crippen molar-refractivity contribution >= 4 is 21.9 Å². The summed E-state index contributed by atoms with van der Waals surface area (Å²) < 4.78 is 4.59. The van der Waals surface area contributed by atoms with Gasteiger partial charge in [-0.25, -0.2) is 0 Å². The molecule has 0 spiro atoms. The molecule has 0 heterocycles. The van der Waals surface area contributed by atoms with Crippen LogP contribution in [0.2, 0.25) is 0 Å². The van der Waals surface area contributed by atoms with E-state index in [0.717, 1.165) is 5.92 Å². The smallest absolute Gasteiger partial charge is 0.320 e. The van der Waals surface area contributed by atoms with Crippen LogP contribution < -0.4 is 5.32 Å². The Bertz CT molecular complexity index is 186. The van der Waals surface area contributed by atoms with Crippen molar-refractivity contribution in [2.24, 2.45) is 5.92 Å². The zero-order chi connectivity index (χ0) is 9.84. The fraction of sp³-hybridized carbons (Fsp3) is 0.889. The van der Waals surface area contributed by atoms with Gasteiger partial charge in [-0.05, 0) is 12.3 Å². The lowest BCUT2D eigenvalue weighted by Crippen LogP contribution is -2.31. The molecule has 0 radical (unpaired) electrons. The summed E-state index contributed by atoms with van der Waals surface area (Å²) in [6.07, 6.45) is 2.47. The Morgan fingerprint density at radius 2 is 2.46 bits per heavy atom. The molecule has 1 N–H and O–H groups in total. The van der Waals surface area contributed by atoms with Gasteiger partial charge < -0.3 is 10.1 Å². The number of hydrogen-bond donors (Lipinski definition) is 1. The Labute approximate surface area is 87.3 Å². The predicted molar refractivity (Wildman–Crippen MR) is 54.9 cm³/mol. The van der Waals surface area contributed by atoms with Crippen LogP contribution in [0.15, 0.2) is 0 Å². The summed E-state index contributed by atoms with van der Waals surface area (Å²) in [7, 11) is 1.41. The Kier molecular flexibility index (Phi) is 4.19. The van der Waals surface area contributed by atoms with Crippen molar-refractivity contribution in [3.8, 4) is 0 Å². The number of nitrogens with one attached hydrogen (secondary N) is 1. The van der Waals surface area contributed by atoms with Gasteiger partial charge in [0.1, 0.15) is 4.83 Å². The summed E-state index contributed by atoms with van der Waals surface area (Å²) in [5.74, 6) is 0.610. The lowest BCUT2D eigenvalue weighted by Gasteiger charge is -2.08. The van der Waals surface area contributed by atoms with Crippen LogP contribution in [0.3, 0.4) is 0 Å². The van der Waals surface area contributed by atoms with E-state index >= 15 is 0 Å².